The SMILES string of the molecule is C1CCCC2CCCCC2=NCC1. The molecule has 1 heterocycles. The molecule has 0 aromatic rings. The summed E-state index contributed by atoms with van der Waals surface area (Å²) in [5, 5.41) is 0. The molecule has 0 bridgehead atoms. The maximum Gasteiger partial charge on any atom is 0.0388 e. The molecule has 13 heavy (non-hydrogen) atoms. The molecule has 74 valence electrons. The van der Waals surface area contributed by atoms with Crippen LogP contribution in [0.25, 0.3) is 0 Å². The Kier molecular flexibility index (Phi) is 3.40. The van der Waals surface area contributed by atoms with Crippen molar-refractivity contribution in [3.63, 3.8) is 0 Å². The molecule has 1 nitrogen and oxygen atoms in total. The Hall–Kier alpha value is -0.330. The van der Waals surface area contributed by atoms with Crippen LogP contribution in [0.5, 0.6) is 0 Å². The Bertz CT molecular complexity index is 184. The van der Waals surface area contributed by atoms with Gasteiger partial charge in [-0.15, -0.1) is 0 Å². The van der Waals surface area contributed by atoms with Gasteiger partial charge in [0.05, 0.1) is 0 Å². The topological polar surface area (TPSA) is 12.4 Å². The predicted molar refractivity (Wildman–Crippen MR) is 57.3 cm³/mol. The largest absolute Gasteiger partial charge is 0.294 e. The molecule has 1 heteroatoms. The molecule has 0 N–H and O–H groups in total. The van der Waals surface area contributed by atoms with Crippen molar-refractivity contribution in [3.05, 3.63) is 0 Å². The summed E-state index contributed by atoms with van der Waals surface area (Å²) in [7, 11) is 0. The average Bonchev–Trinajstić information content (AvgIpc) is 2.28. The third kappa shape index (κ3) is 2.55. The van der Waals surface area contributed by atoms with E-state index in [9.17, 15) is 0 Å². The first-order valence-corrected chi connectivity index (χ1v) is 6.00. The van der Waals surface area contributed by atoms with Gasteiger partial charge < -0.3 is 0 Å². The van der Waals surface area contributed by atoms with E-state index >= 15 is 0 Å². The van der Waals surface area contributed by atoms with Crippen molar-refractivity contribution in [2.75, 3.05) is 6.54 Å². The Morgan fingerprint density at radius 2 is 1.62 bits per heavy atom. The van der Waals surface area contributed by atoms with Crippen LogP contribution in [0.15, 0.2) is 4.99 Å². The van der Waals surface area contributed by atoms with Gasteiger partial charge in [-0.05, 0) is 38.0 Å². The van der Waals surface area contributed by atoms with E-state index in [0.29, 0.717) is 0 Å². The summed E-state index contributed by atoms with van der Waals surface area (Å²) < 4.78 is 0. The maximum absolute atomic E-state index is 4.78. The van der Waals surface area contributed by atoms with Crippen LogP contribution in [0, 0.1) is 5.92 Å². The van der Waals surface area contributed by atoms with Crippen molar-refractivity contribution in [3.8, 4) is 0 Å². The summed E-state index contributed by atoms with van der Waals surface area (Å²) in [5.74, 6) is 0.881. The van der Waals surface area contributed by atoms with Gasteiger partial charge in [0.15, 0.2) is 0 Å². The van der Waals surface area contributed by atoms with Crippen molar-refractivity contribution in [1.82, 2.24) is 0 Å². The van der Waals surface area contributed by atoms with E-state index in [1.807, 2.05) is 0 Å². The third-order valence-electron chi connectivity index (χ3n) is 3.48. The number of hydrogen-bond acceptors (Lipinski definition) is 1. The Morgan fingerprint density at radius 3 is 2.54 bits per heavy atom. The minimum atomic E-state index is 0.881. The lowest BCUT2D eigenvalue weighted by molar-refractivity contribution is 0.476. The van der Waals surface area contributed by atoms with Crippen LogP contribution in [0.2, 0.25) is 0 Å². The summed E-state index contributed by atoms with van der Waals surface area (Å²) in [6.07, 6.45) is 12.6. The zero-order valence-electron chi connectivity index (χ0n) is 8.60. The molecule has 0 spiro atoms. The number of aliphatic imine (C=N–C) groups is 1. The Balaban J connectivity index is 1.99. The first-order chi connectivity index (χ1) is 6.47. The molecule has 1 aliphatic heterocycles. The van der Waals surface area contributed by atoms with E-state index in [4.69, 9.17) is 4.99 Å². The number of nitrogens with zero attached hydrogens (tertiary/aromatic N) is 1. The van der Waals surface area contributed by atoms with Gasteiger partial charge >= 0.3 is 0 Å². The molecular formula is C12H21N. The van der Waals surface area contributed by atoms with Crippen molar-refractivity contribution < 1.29 is 0 Å². The van der Waals surface area contributed by atoms with E-state index in [2.05, 4.69) is 0 Å². The second kappa shape index (κ2) is 4.78. The fourth-order valence-corrected chi connectivity index (χ4v) is 2.67. The fraction of sp³-hybridized carbons (Fsp3) is 0.917. The minimum Gasteiger partial charge on any atom is -0.294 e. The van der Waals surface area contributed by atoms with Crippen LogP contribution in [-0.2, 0) is 0 Å². The van der Waals surface area contributed by atoms with Crippen molar-refractivity contribution in [2.24, 2.45) is 10.9 Å². The zero-order chi connectivity index (χ0) is 8.93. The van der Waals surface area contributed by atoms with Gasteiger partial charge in [0, 0.05) is 12.3 Å². The molecule has 2 aliphatic rings. The van der Waals surface area contributed by atoms with Crippen molar-refractivity contribution >= 4 is 5.71 Å². The van der Waals surface area contributed by atoms with Crippen molar-refractivity contribution in [1.29, 1.82) is 0 Å². The minimum absolute atomic E-state index is 0.881. The van der Waals surface area contributed by atoms with E-state index < -0.39 is 0 Å². The highest BCUT2D eigenvalue weighted by atomic mass is 14.7. The van der Waals surface area contributed by atoms with Gasteiger partial charge in [0.2, 0.25) is 0 Å². The van der Waals surface area contributed by atoms with Gasteiger partial charge in [-0.2, -0.15) is 0 Å². The maximum atomic E-state index is 4.78. The Labute approximate surface area is 81.6 Å². The molecule has 1 atom stereocenters. The quantitative estimate of drug-likeness (QED) is 0.539. The van der Waals surface area contributed by atoms with Gasteiger partial charge in [0.25, 0.3) is 0 Å². The highest BCUT2D eigenvalue weighted by molar-refractivity contribution is 5.87. The molecule has 1 saturated carbocycles. The number of hydrogen-bond donors (Lipinski definition) is 0. The van der Waals surface area contributed by atoms with E-state index in [-0.39, 0.29) is 0 Å². The lowest BCUT2D eigenvalue weighted by Crippen LogP contribution is -2.19. The van der Waals surface area contributed by atoms with Crippen LogP contribution in [-0.4, -0.2) is 12.3 Å². The highest BCUT2D eigenvalue weighted by Gasteiger charge is 2.19. The normalized spacial score (nSPS) is 30.8. The summed E-state index contributed by atoms with van der Waals surface area (Å²) in [5.41, 5.74) is 1.58. The zero-order valence-corrected chi connectivity index (χ0v) is 8.60. The van der Waals surface area contributed by atoms with Gasteiger partial charge in [-0.25, -0.2) is 0 Å². The van der Waals surface area contributed by atoms with Crippen LogP contribution in [0.4, 0.5) is 0 Å². The van der Waals surface area contributed by atoms with Crippen molar-refractivity contribution in [2.45, 2.75) is 57.8 Å². The monoisotopic (exact) mass is 179 g/mol. The molecule has 0 amide bonds. The second-order valence-electron chi connectivity index (χ2n) is 4.52. The van der Waals surface area contributed by atoms with Gasteiger partial charge in [0.1, 0.15) is 0 Å². The fourth-order valence-electron chi connectivity index (χ4n) is 2.67. The first-order valence-electron chi connectivity index (χ1n) is 6.00. The smallest absolute Gasteiger partial charge is 0.0388 e. The predicted octanol–water partition coefficient (Wildman–Crippen LogP) is 3.58. The third-order valence-corrected chi connectivity index (χ3v) is 3.48. The molecule has 0 aromatic heterocycles. The average molecular weight is 179 g/mol. The van der Waals surface area contributed by atoms with Crippen LogP contribution in [0.1, 0.15) is 57.8 Å². The molecule has 1 fully saturated rings. The molecule has 2 rings (SSSR count). The van der Waals surface area contributed by atoms with Crippen LogP contribution >= 0.6 is 0 Å². The standard InChI is InChI=1S/C12H21N/c1-2-6-10-13-12-9-5-4-8-11(12)7-3-1/h11H,1-10H2. The van der Waals surface area contributed by atoms with E-state index in [0.717, 1.165) is 12.5 Å². The van der Waals surface area contributed by atoms with Crippen LogP contribution in [0.3, 0.4) is 0 Å². The highest BCUT2D eigenvalue weighted by Crippen LogP contribution is 2.27. The molecule has 0 saturated heterocycles. The van der Waals surface area contributed by atoms with Gasteiger partial charge in [-0.3, -0.25) is 4.99 Å². The summed E-state index contributed by atoms with van der Waals surface area (Å²) in [6, 6.07) is 0. The second-order valence-corrected chi connectivity index (χ2v) is 4.52. The van der Waals surface area contributed by atoms with E-state index in [1.165, 1.54) is 57.8 Å². The summed E-state index contributed by atoms with van der Waals surface area (Å²) >= 11 is 0. The molecule has 1 aliphatic carbocycles. The van der Waals surface area contributed by atoms with Crippen LogP contribution < -0.4 is 0 Å². The lowest BCUT2D eigenvalue weighted by atomic mass is 9.84. The number of rotatable bonds is 0. The molecular weight excluding hydrogens is 158 g/mol. The molecule has 1 unspecified atom stereocenters. The number of fused-ring (bicyclic) bond motifs is 1. The van der Waals surface area contributed by atoms with E-state index in [1.54, 1.807) is 5.71 Å². The molecule has 0 aromatic carbocycles. The Morgan fingerprint density at radius 1 is 0.846 bits per heavy atom. The summed E-state index contributed by atoms with van der Waals surface area (Å²) in [6.45, 7) is 1.12. The van der Waals surface area contributed by atoms with Gasteiger partial charge in [-0.1, -0.05) is 25.7 Å². The lowest BCUT2D eigenvalue weighted by Gasteiger charge is -2.23. The first kappa shape index (κ1) is 9.23. The molecule has 0 radical (unpaired) electrons. The summed E-state index contributed by atoms with van der Waals surface area (Å²) in [4.78, 5) is 4.78.